The molecule has 6 heteroatoms. The van der Waals surface area contributed by atoms with Crippen molar-refractivity contribution < 1.29 is 4.79 Å². The maximum Gasteiger partial charge on any atom is 0.251 e. The molecule has 1 amide bonds. The lowest BCUT2D eigenvalue weighted by atomic mass is 10.0. The molecule has 0 saturated heterocycles. The number of carbonyl (C=O) groups is 1. The lowest BCUT2D eigenvalue weighted by Gasteiger charge is -2.25. The molecule has 0 aliphatic carbocycles. The van der Waals surface area contributed by atoms with Crippen LogP contribution in [0.25, 0.3) is 0 Å². The highest BCUT2D eigenvalue weighted by Gasteiger charge is 2.26. The van der Waals surface area contributed by atoms with Crippen molar-refractivity contribution in [1.82, 2.24) is 9.55 Å². The van der Waals surface area contributed by atoms with Crippen LogP contribution >= 0.6 is 0 Å². The average molecular weight is 353 g/mol. The molecule has 3 aromatic rings. The smallest absolute Gasteiger partial charge is 0.251 e. The number of fused-ring (bicyclic) bond motifs is 2. The highest BCUT2D eigenvalue weighted by Crippen LogP contribution is 2.36. The number of aryl methyl sites for hydroxylation is 2. The van der Waals surface area contributed by atoms with Crippen LogP contribution in [0.2, 0.25) is 0 Å². The zero-order valence-corrected chi connectivity index (χ0v) is 14.5. The monoisotopic (exact) mass is 353 g/mol. The van der Waals surface area contributed by atoms with E-state index in [-0.39, 0.29) is 23.8 Å². The summed E-state index contributed by atoms with van der Waals surface area (Å²) in [5, 5.41) is 18.4. The first kappa shape index (κ1) is 16.6. The number of rotatable bonds is 2. The molecule has 2 aromatic carbocycles. The standard InChI is InChI=1S/C21H15N5O/c22-11-17-20(12-23)25(14-24-17)13-21(27)26-18-7-3-1-5-15(18)9-10-16-6-2-4-8-19(16)26/h1-8,14H,9-10,13H2. The molecule has 6 nitrogen and oxygen atoms in total. The van der Waals surface area contributed by atoms with Gasteiger partial charge in [-0.15, -0.1) is 0 Å². The second-order valence-corrected chi connectivity index (χ2v) is 6.28. The zero-order chi connectivity index (χ0) is 18.8. The maximum absolute atomic E-state index is 13.3. The van der Waals surface area contributed by atoms with E-state index in [0.29, 0.717) is 0 Å². The highest BCUT2D eigenvalue weighted by molar-refractivity contribution is 6.02. The summed E-state index contributed by atoms with van der Waals surface area (Å²) < 4.78 is 1.43. The molecule has 1 aromatic heterocycles. The Bertz CT molecular complexity index is 1070. The van der Waals surface area contributed by atoms with Gasteiger partial charge in [0, 0.05) is 0 Å². The summed E-state index contributed by atoms with van der Waals surface area (Å²) in [4.78, 5) is 18.9. The molecule has 27 heavy (non-hydrogen) atoms. The third kappa shape index (κ3) is 2.84. The van der Waals surface area contributed by atoms with E-state index < -0.39 is 0 Å². The van der Waals surface area contributed by atoms with Crippen LogP contribution in [-0.4, -0.2) is 15.5 Å². The summed E-state index contributed by atoms with van der Waals surface area (Å²) in [6.07, 6.45) is 3.07. The van der Waals surface area contributed by atoms with Gasteiger partial charge in [0.15, 0.2) is 11.4 Å². The number of amides is 1. The van der Waals surface area contributed by atoms with Crippen LogP contribution in [0.3, 0.4) is 0 Å². The molecule has 0 N–H and O–H groups in total. The van der Waals surface area contributed by atoms with Crippen molar-refractivity contribution in [3.8, 4) is 12.1 Å². The molecule has 0 fully saturated rings. The molecule has 0 atom stereocenters. The first-order chi connectivity index (χ1) is 13.2. The average Bonchev–Trinajstić information content (AvgIpc) is 3.00. The minimum absolute atomic E-state index is 0.0296. The number of benzene rings is 2. The molecular weight excluding hydrogens is 338 g/mol. The van der Waals surface area contributed by atoms with Gasteiger partial charge in [0.05, 0.1) is 17.7 Å². The van der Waals surface area contributed by atoms with E-state index in [9.17, 15) is 10.1 Å². The second-order valence-electron chi connectivity index (χ2n) is 6.28. The van der Waals surface area contributed by atoms with E-state index >= 15 is 0 Å². The third-order valence-electron chi connectivity index (χ3n) is 4.73. The molecule has 0 spiro atoms. The van der Waals surface area contributed by atoms with Crippen molar-refractivity contribution in [2.24, 2.45) is 0 Å². The number of hydrogen-bond acceptors (Lipinski definition) is 4. The van der Waals surface area contributed by atoms with Crippen molar-refractivity contribution in [2.45, 2.75) is 19.4 Å². The van der Waals surface area contributed by atoms with E-state index in [1.165, 1.54) is 10.9 Å². The Kier molecular flexibility index (Phi) is 4.16. The molecule has 0 radical (unpaired) electrons. The quantitative estimate of drug-likeness (QED) is 0.708. The van der Waals surface area contributed by atoms with E-state index in [4.69, 9.17) is 5.26 Å². The Balaban J connectivity index is 1.79. The Labute approximate surface area is 156 Å². The largest absolute Gasteiger partial charge is 0.312 e. The summed E-state index contributed by atoms with van der Waals surface area (Å²) >= 11 is 0. The second kappa shape index (κ2) is 6.78. The van der Waals surface area contributed by atoms with Gasteiger partial charge in [-0.05, 0) is 36.1 Å². The molecular formula is C21H15N5O. The van der Waals surface area contributed by atoms with Crippen molar-refractivity contribution in [3.63, 3.8) is 0 Å². The number of aromatic nitrogens is 2. The highest BCUT2D eigenvalue weighted by atomic mass is 16.2. The fraction of sp³-hybridized carbons (Fsp3) is 0.143. The predicted molar refractivity (Wildman–Crippen MR) is 99.1 cm³/mol. The van der Waals surface area contributed by atoms with Crippen molar-refractivity contribution >= 4 is 17.3 Å². The van der Waals surface area contributed by atoms with Crippen LogP contribution in [0.15, 0.2) is 54.9 Å². The number of para-hydroxylation sites is 2. The van der Waals surface area contributed by atoms with Gasteiger partial charge in [-0.3, -0.25) is 9.69 Å². The molecule has 1 aliphatic rings. The van der Waals surface area contributed by atoms with Crippen LogP contribution in [0, 0.1) is 22.7 Å². The fourth-order valence-electron chi connectivity index (χ4n) is 3.47. The Morgan fingerprint density at radius 1 is 0.963 bits per heavy atom. The van der Waals surface area contributed by atoms with E-state index in [2.05, 4.69) is 4.98 Å². The van der Waals surface area contributed by atoms with Gasteiger partial charge in [0.2, 0.25) is 0 Å². The molecule has 130 valence electrons. The van der Waals surface area contributed by atoms with Gasteiger partial charge in [-0.1, -0.05) is 36.4 Å². The number of imidazole rings is 1. The summed E-state index contributed by atoms with van der Waals surface area (Å²) in [5.74, 6) is -0.185. The van der Waals surface area contributed by atoms with Gasteiger partial charge in [-0.2, -0.15) is 10.5 Å². The number of hydrogen-bond donors (Lipinski definition) is 0. The van der Waals surface area contributed by atoms with Crippen LogP contribution < -0.4 is 4.90 Å². The Hall–Kier alpha value is -3.90. The SMILES string of the molecule is N#Cc1ncn(CC(=O)N2c3ccccc3CCc3ccccc32)c1C#N. The van der Waals surface area contributed by atoms with Crippen molar-refractivity contribution in [3.05, 3.63) is 77.4 Å². The third-order valence-corrected chi connectivity index (χ3v) is 4.73. The summed E-state index contributed by atoms with van der Waals surface area (Å²) in [7, 11) is 0. The normalized spacial score (nSPS) is 12.3. The van der Waals surface area contributed by atoms with Crippen LogP contribution in [0.4, 0.5) is 11.4 Å². The first-order valence-corrected chi connectivity index (χ1v) is 8.57. The first-order valence-electron chi connectivity index (χ1n) is 8.57. The Morgan fingerprint density at radius 2 is 1.56 bits per heavy atom. The minimum Gasteiger partial charge on any atom is -0.312 e. The van der Waals surface area contributed by atoms with Gasteiger partial charge in [-0.25, -0.2) is 4.98 Å². The fourth-order valence-corrected chi connectivity index (χ4v) is 3.47. The van der Waals surface area contributed by atoms with E-state index in [1.54, 1.807) is 4.90 Å². The lowest BCUT2D eigenvalue weighted by molar-refractivity contribution is -0.118. The minimum atomic E-state index is -0.185. The molecule has 0 unspecified atom stereocenters. The number of carbonyl (C=O) groups excluding carboxylic acids is 1. The van der Waals surface area contributed by atoms with Crippen LogP contribution in [-0.2, 0) is 24.2 Å². The number of nitriles is 2. The van der Waals surface area contributed by atoms with Gasteiger partial charge in [0.1, 0.15) is 18.7 Å². The number of anilines is 2. The predicted octanol–water partition coefficient (Wildman–Crippen LogP) is 3.09. The summed E-state index contributed by atoms with van der Waals surface area (Å²) in [6, 6.07) is 19.6. The number of nitrogens with zero attached hydrogens (tertiary/aromatic N) is 5. The van der Waals surface area contributed by atoms with Crippen molar-refractivity contribution in [1.29, 1.82) is 10.5 Å². The summed E-state index contributed by atoms with van der Waals surface area (Å²) in [5.41, 5.74) is 4.04. The van der Waals surface area contributed by atoms with Crippen molar-refractivity contribution in [2.75, 3.05) is 4.90 Å². The summed E-state index contributed by atoms with van der Waals surface area (Å²) in [6.45, 7) is -0.0692. The Morgan fingerprint density at radius 3 is 2.11 bits per heavy atom. The zero-order valence-electron chi connectivity index (χ0n) is 14.5. The topological polar surface area (TPSA) is 85.7 Å². The molecule has 4 rings (SSSR count). The van der Waals surface area contributed by atoms with Gasteiger partial charge in [0.25, 0.3) is 5.91 Å². The molecule has 1 aliphatic heterocycles. The van der Waals surface area contributed by atoms with Crippen LogP contribution in [0.1, 0.15) is 22.5 Å². The molecule has 0 bridgehead atoms. The van der Waals surface area contributed by atoms with Gasteiger partial charge < -0.3 is 4.57 Å². The van der Waals surface area contributed by atoms with Crippen LogP contribution in [0.5, 0.6) is 0 Å². The van der Waals surface area contributed by atoms with E-state index in [0.717, 1.165) is 35.3 Å². The molecule has 2 heterocycles. The lowest BCUT2D eigenvalue weighted by Crippen LogP contribution is -2.30. The molecule has 0 saturated carbocycles. The van der Waals surface area contributed by atoms with E-state index in [1.807, 2.05) is 60.7 Å². The maximum atomic E-state index is 13.3. The van der Waals surface area contributed by atoms with Gasteiger partial charge >= 0.3 is 0 Å².